The van der Waals surface area contributed by atoms with E-state index in [2.05, 4.69) is 10.6 Å². The minimum absolute atomic E-state index is 0.119. The van der Waals surface area contributed by atoms with Crippen LogP contribution >= 0.6 is 0 Å². The molecule has 0 bridgehead atoms. The van der Waals surface area contributed by atoms with Crippen LogP contribution in [0.5, 0.6) is 0 Å². The molecule has 6 heteroatoms. The third-order valence-corrected chi connectivity index (χ3v) is 3.23. The van der Waals surface area contributed by atoms with Crippen LogP contribution in [-0.4, -0.2) is 35.5 Å². The number of hydrogen-bond acceptors (Lipinski definition) is 3. The molecular formula is C14H16N2O4. The second-order valence-electron chi connectivity index (χ2n) is 4.70. The van der Waals surface area contributed by atoms with Crippen molar-refractivity contribution in [3.63, 3.8) is 0 Å². The molecular weight excluding hydrogens is 260 g/mol. The number of carboxylic acid groups (broad SMARTS) is 1. The van der Waals surface area contributed by atoms with Crippen molar-refractivity contribution < 1.29 is 19.5 Å². The summed E-state index contributed by atoms with van der Waals surface area (Å²) in [6.07, 6.45) is 2.40. The van der Waals surface area contributed by atoms with Gasteiger partial charge < -0.3 is 15.7 Å². The Kier molecular flexibility index (Phi) is 4.34. The Bertz CT molecular complexity index is 524. The van der Waals surface area contributed by atoms with Gasteiger partial charge in [-0.15, -0.1) is 0 Å². The van der Waals surface area contributed by atoms with Gasteiger partial charge in [0.05, 0.1) is 5.56 Å². The molecule has 0 spiro atoms. The van der Waals surface area contributed by atoms with Crippen molar-refractivity contribution in [2.24, 2.45) is 0 Å². The Hall–Kier alpha value is -2.37. The standard InChI is InChI=1S/C14H16N2O4/c17-12(9-4-6-10(7-5-9)14(19)20)16-11-3-1-2-8-15-13(11)18/h4-7,11H,1-3,8H2,(H,15,18)(H,16,17)(H,19,20). The van der Waals surface area contributed by atoms with Gasteiger partial charge in [0.2, 0.25) is 5.91 Å². The zero-order valence-corrected chi connectivity index (χ0v) is 10.9. The average Bonchev–Trinajstić information content (AvgIpc) is 2.64. The highest BCUT2D eigenvalue weighted by Crippen LogP contribution is 2.08. The highest BCUT2D eigenvalue weighted by molar-refractivity contribution is 5.98. The second-order valence-corrected chi connectivity index (χ2v) is 4.70. The Morgan fingerprint density at radius 3 is 2.45 bits per heavy atom. The minimum Gasteiger partial charge on any atom is -0.478 e. The number of nitrogens with one attached hydrogen (secondary N) is 2. The molecule has 1 aromatic carbocycles. The fraction of sp³-hybridized carbons (Fsp3) is 0.357. The van der Waals surface area contributed by atoms with Gasteiger partial charge in [0.25, 0.3) is 5.91 Å². The van der Waals surface area contributed by atoms with Crippen molar-refractivity contribution >= 4 is 17.8 Å². The summed E-state index contributed by atoms with van der Waals surface area (Å²) < 4.78 is 0. The molecule has 0 aliphatic carbocycles. The van der Waals surface area contributed by atoms with Crippen LogP contribution in [0.1, 0.15) is 40.0 Å². The maximum absolute atomic E-state index is 12.0. The van der Waals surface area contributed by atoms with E-state index in [4.69, 9.17) is 5.11 Å². The number of benzene rings is 1. The summed E-state index contributed by atoms with van der Waals surface area (Å²) in [5.41, 5.74) is 0.459. The van der Waals surface area contributed by atoms with Crippen LogP contribution in [0.4, 0.5) is 0 Å². The van der Waals surface area contributed by atoms with Crippen LogP contribution in [0.2, 0.25) is 0 Å². The first-order valence-electron chi connectivity index (χ1n) is 6.50. The summed E-state index contributed by atoms with van der Waals surface area (Å²) in [5, 5.41) is 14.2. The van der Waals surface area contributed by atoms with Gasteiger partial charge >= 0.3 is 5.97 Å². The summed E-state index contributed by atoms with van der Waals surface area (Å²) in [7, 11) is 0. The normalized spacial score (nSPS) is 18.8. The number of amides is 2. The van der Waals surface area contributed by atoms with Gasteiger partial charge in [0.15, 0.2) is 0 Å². The fourth-order valence-electron chi connectivity index (χ4n) is 2.08. The number of aromatic carboxylic acids is 1. The predicted octanol–water partition coefficient (Wildman–Crippen LogP) is 0.783. The third kappa shape index (κ3) is 3.34. The highest BCUT2D eigenvalue weighted by atomic mass is 16.4. The maximum atomic E-state index is 12.0. The largest absolute Gasteiger partial charge is 0.478 e. The summed E-state index contributed by atoms with van der Waals surface area (Å²) in [4.78, 5) is 34.5. The first kappa shape index (κ1) is 14.0. The van der Waals surface area contributed by atoms with E-state index in [9.17, 15) is 14.4 Å². The Morgan fingerprint density at radius 2 is 1.80 bits per heavy atom. The molecule has 1 aliphatic rings. The van der Waals surface area contributed by atoms with E-state index in [0.717, 1.165) is 12.8 Å². The Labute approximate surface area is 116 Å². The molecule has 0 radical (unpaired) electrons. The monoisotopic (exact) mass is 276 g/mol. The van der Waals surface area contributed by atoms with E-state index >= 15 is 0 Å². The van der Waals surface area contributed by atoms with E-state index in [1.54, 1.807) is 0 Å². The van der Waals surface area contributed by atoms with Crippen LogP contribution in [0, 0.1) is 0 Å². The van der Waals surface area contributed by atoms with E-state index in [1.807, 2.05) is 0 Å². The van der Waals surface area contributed by atoms with Crippen LogP contribution in [-0.2, 0) is 4.79 Å². The van der Waals surface area contributed by atoms with E-state index in [0.29, 0.717) is 18.5 Å². The molecule has 3 N–H and O–H groups in total. The van der Waals surface area contributed by atoms with Gasteiger partial charge in [-0.05, 0) is 43.5 Å². The van der Waals surface area contributed by atoms with Crippen LogP contribution < -0.4 is 10.6 Å². The van der Waals surface area contributed by atoms with Gasteiger partial charge in [0, 0.05) is 12.1 Å². The van der Waals surface area contributed by atoms with Gasteiger partial charge in [-0.25, -0.2) is 4.79 Å². The van der Waals surface area contributed by atoms with Crippen LogP contribution in [0.3, 0.4) is 0 Å². The topological polar surface area (TPSA) is 95.5 Å². The molecule has 106 valence electrons. The number of carboxylic acids is 1. The third-order valence-electron chi connectivity index (χ3n) is 3.23. The van der Waals surface area contributed by atoms with Gasteiger partial charge in [-0.2, -0.15) is 0 Å². The lowest BCUT2D eigenvalue weighted by molar-refractivity contribution is -0.122. The number of rotatable bonds is 3. The minimum atomic E-state index is -1.04. The molecule has 1 fully saturated rings. The molecule has 1 heterocycles. The van der Waals surface area contributed by atoms with Gasteiger partial charge in [-0.1, -0.05) is 0 Å². The zero-order valence-electron chi connectivity index (χ0n) is 10.9. The molecule has 0 aromatic heterocycles. The first-order chi connectivity index (χ1) is 9.58. The summed E-state index contributed by atoms with van der Waals surface area (Å²) in [6, 6.07) is 5.08. The second kappa shape index (κ2) is 6.18. The van der Waals surface area contributed by atoms with Gasteiger partial charge in [-0.3, -0.25) is 9.59 Å². The van der Waals surface area contributed by atoms with Crippen molar-refractivity contribution in [3.8, 4) is 0 Å². The summed E-state index contributed by atoms with van der Waals surface area (Å²) in [5.74, 6) is -1.58. The van der Waals surface area contributed by atoms with Crippen LogP contribution in [0.25, 0.3) is 0 Å². The zero-order chi connectivity index (χ0) is 14.5. The maximum Gasteiger partial charge on any atom is 0.335 e. The molecule has 20 heavy (non-hydrogen) atoms. The SMILES string of the molecule is O=C(O)c1ccc(C(=O)NC2CCCCNC2=O)cc1. The lowest BCUT2D eigenvalue weighted by Gasteiger charge is -2.15. The van der Waals surface area contributed by atoms with E-state index < -0.39 is 12.0 Å². The van der Waals surface area contributed by atoms with Crippen LogP contribution in [0.15, 0.2) is 24.3 Å². The van der Waals surface area contributed by atoms with Crippen molar-refractivity contribution in [1.82, 2.24) is 10.6 Å². The molecule has 1 aromatic rings. The number of carbonyl (C=O) groups is 3. The Morgan fingerprint density at radius 1 is 1.15 bits per heavy atom. The lowest BCUT2D eigenvalue weighted by Crippen LogP contribution is -2.45. The van der Waals surface area contributed by atoms with E-state index in [1.165, 1.54) is 24.3 Å². The molecule has 1 atom stereocenters. The first-order valence-corrected chi connectivity index (χ1v) is 6.50. The summed E-state index contributed by atoms with van der Waals surface area (Å²) >= 11 is 0. The van der Waals surface area contributed by atoms with Crippen molar-refractivity contribution in [2.45, 2.75) is 25.3 Å². The molecule has 2 amide bonds. The molecule has 0 saturated carbocycles. The van der Waals surface area contributed by atoms with Crippen molar-refractivity contribution in [2.75, 3.05) is 6.54 Å². The quantitative estimate of drug-likeness (QED) is 0.760. The molecule has 1 unspecified atom stereocenters. The molecule has 6 nitrogen and oxygen atoms in total. The fourth-order valence-corrected chi connectivity index (χ4v) is 2.08. The molecule has 1 saturated heterocycles. The van der Waals surface area contributed by atoms with E-state index in [-0.39, 0.29) is 17.4 Å². The Balaban J connectivity index is 2.03. The van der Waals surface area contributed by atoms with Crippen molar-refractivity contribution in [3.05, 3.63) is 35.4 Å². The molecule has 2 rings (SSSR count). The smallest absolute Gasteiger partial charge is 0.335 e. The molecule has 1 aliphatic heterocycles. The number of carbonyl (C=O) groups excluding carboxylic acids is 2. The highest BCUT2D eigenvalue weighted by Gasteiger charge is 2.22. The predicted molar refractivity (Wildman–Crippen MR) is 71.5 cm³/mol. The summed E-state index contributed by atoms with van der Waals surface area (Å²) in [6.45, 7) is 0.637. The van der Waals surface area contributed by atoms with Crippen molar-refractivity contribution in [1.29, 1.82) is 0 Å². The lowest BCUT2D eigenvalue weighted by atomic mass is 10.1. The number of hydrogen-bond donors (Lipinski definition) is 3. The van der Waals surface area contributed by atoms with Gasteiger partial charge in [0.1, 0.15) is 6.04 Å². The average molecular weight is 276 g/mol.